The van der Waals surface area contributed by atoms with Crippen molar-refractivity contribution in [2.24, 2.45) is 0 Å². The van der Waals surface area contributed by atoms with Crippen LogP contribution in [0.25, 0.3) is 0 Å². The molecular weight excluding hydrogens is 291 g/mol. The fourth-order valence-electron chi connectivity index (χ4n) is 1.15. The summed E-state index contributed by atoms with van der Waals surface area (Å²) in [5, 5.41) is 3.70. The van der Waals surface area contributed by atoms with Gasteiger partial charge in [-0.15, -0.1) is 0 Å². The zero-order chi connectivity index (χ0) is 11.5. The molecule has 0 radical (unpaired) electrons. The third kappa shape index (κ3) is 2.84. The van der Waals surface area contributed by atoms with Gasteiger partial charge in [0.05, 0.1) is 0 Å². The predicted octanol–water partition coefficient (Wildman–Crippen LogP) is 3.22. The third-order valence-corrected chi connectivity index (χ3v) is 2.47. The van der Waals surface area contributed by atoms with Crippen molar-refractivity contribution in [3.63, 3.8) is 0 Å². The summed E-state index contributed by atoms with van der Waals surface area (Å²) >= 11 is 9.02. The molecule has 0 amide bonds. The van der Waals surface area contributed by atoms with E-state index in [2.05, 4.69) is 31.2 Å². The van der Waals surface area contributed by atoms with Crippen LogP contribution in [0.15, 0.2) is 34.9 Å². The van der Waals surface area contributed by atoms with Crippen molar-refractivity contribution in [1.29, 1.82) is 0 Å². The molecule has 0 saturated heterocycles. The van der Waals surface area contributed by atoms with Gasteiger partial charge in [-0.25, -0.2) is 4.98 Å². The average Bonchev–Trinajstić information content (AvgIpc) is 2.20. The summed E-state index contributed by atoms with van der Waals surface area (Å²) in [5.74, 6) is 0.840. The molecule has 0 bridgehead atoms. The molecule has 2 aromatic rings. The van der Waals surface area contributed by atoms with Gasteiger partial charge in [0.2, 0.25) is 5.95 Å². The third-order valence-electron chi connectivity index (χ3n) is 1.82. The Labute approximate surface area is 106 Å². The van der Waals surface area contributed by atoms with E-state index in [1.165, 1.54) is 0 Å². The first-order valence-corrected chi connectivity index (χ1v) is 5.63. The van der Waals surface area contributed by atoms with Gasteiger partial charge in [-0.1, -0.05) is 11.6 Å². The quantitative estimate of drug-likeness (QED) is 0.836. The van der Waals surface area contributed by atoms with E-state index >= 15 is 0 Å². The normalized spacial score (nSPS) is 10.1. The molecule has 4 nitrogen and oxygen atoms in total. The first-order valence-electron chi connectivity index (χ1n) is 4.46. The summed E-state index contributed by atoms with van der Waals surface area (Å²) in [7, 11) is 0. The summed E-state index contributed by atoms with van der Waals surface area (Å²) in [5.41, 5.74) is 6.44. The lowest BCUT2D eigenvalue weighted by Gasteiger charge is -2.05. The van der Waals surface area contributed by atoms with Crippen LogP contribution in [0.1, 0.15) is 0 Å². The molecule has 0 atom stereocenters. The van der Waals surface area contributed by atoms with Crippen molar-refractivity contribution < 1.29 is 0 Å². The summed E-state index contributed by atoms with van der Waals surface area (Å²) in [6, 6.07) is 8.87. The molecule has 6 heteroatoms. The minimum absolute atomic E-state index is 0.401. The minimum Gasteiger partial charge on any atom is -0.383 e. The topological polar surface area (TPSA) is 63.8 Å². The molecule has 2 rings (SSSR count). The highest BCUT2D eigenvalue weighted by Crippen LogP contribution is 2.18. The van der Waals surface area contributed by atoms with E-state index in [1.807, 2.05) is 12.1 Å². The Hall–Kier alpha value is -1.33. The van der Waals surface area contributed by atoms with Crippen LogP contribution in [0.5, 0.6) is 0 Å². The number of nitrogens with one attached hydrogen (secondary N) is 1. The van der Waals surface area contributed by atoms with Crippen LogP contribution in [0, 0.1) is 0 Å². The maximum Gasteiger partial charge on any atom is 0.230 e. The fourth-order valence-corrected chi connectivity index (χ4v) is 1.68. The number of hydrogen-bond donors (Lipinski definition) is 2. The van der Waals surface area contributed by atoms with Crippen molar-refractivity contribution in [2.45, 2.75) is 0 Å². The van der Waals surface area contributed by atoms with Gasteiger partial charge in [-0.2, -0.15) is 4.98 Å². The van der Waals surface area contributed by atoms with Crippen LogP contribution in [-0.2, 0) is 0 Å². The molecule has 1 heterocycles. The van der Waals surface area contributed by atoms with E-state index < -0.39 is 0 Å². The average molecular weight is 300 g/mol. The SMILES string of the molecule is Nc1cc(Br)nc(Nc2ccc(Cl)cc2)n1. The van der Waals surface area contributed by atoms with Gasteiger partial charge in [0, 0.05) is 16.8 Å². The number of nitrogens with zero attached hydrogens (tertiary/aromatic N) is 2. The van der Waals surface area contributed by atoms with Gasteiger partial charge in [0.25, 0.3) is 0 Å². The second kappa shape index (κ2) is 4.67. The largest absolute Gasteiger partial charge is 0.383 e. The Morgan fingerprint density at radius 2 is 1.88 bits per heavy atom. The fraction of sp³-hybridized carbons (Fsp3) is 0. The highest BCUT2D eigenvalue weighted by atomic mass is 79.9. The molecule has 0 spiro atoms. The molecule has 0 fully saturated rings. The smallest absolute Gasteiger partial charge is 0.230 e. The Bertz CT molecular complexity index is 480. The molecular formula is C10H8BrClN4. The first-order chi connectivity index (χ1) is 7.63. The second-order valence-electron chi connectivity index (χ2n) is 3.07. The Morgan fingerprint density at radius 3 is 2.50 bits per heavy atom. The predicted molar refractivity (Wildman–Crippen MR) is 68.9 cm³/mol. The van der Waals surface area contributed by atoms with Crippen molar-refractivity contribution in [1.82, 2.24) is 9.97 Å². The lowest BCUT2D eigenvalue weighted by molar-refractivity contribution is 1.15. The highest BCUT2D eigenvalue weighted by molar-refractivity contribution is 9.10. The van der Waals surface area contributed by atoms with Crippen LogP contribution in [0.3, 0.4) is 0 Å². The zero-order valence-electron chi connectivity index (χ0n) is 8.11. The summed E-state index contributed by atoms with van der Waals surface area (Å²) in [6.07, 6.45) is 0. The Balaban J connectivity index is 2.23. The number of benzene rings is 1. The maximum absolute atomic E-state index is 5.78. The van der Waals surface area contributed by atoms with Gasteiger partial charge in [-0.05, 0) is 40.2 Å². The second-order valence-corrected chi connectivity index (χ2v) is 4.32. The van der Waals surface area contributed by atoms with E-state index in [1.54, 1.807) is 18.2 Å². The van der Waals surface area contributed by atoms with Crippen LogP contribution < -0.4 is 11.1 Å². The van der Waals surface area contributed by atoms with Crippen molar-refractivity contribution >= 4 is 45.0 Å². The van der Waals surface area contributed by atoms with Crippen molar-refractivity contribution in [3.8, 4) is 0 Å². The molecule has 0 aliphatic rings. The molecule has 1 aromatic carbocycles. The number of rotatable bonds is 2. The molecule has 0 aliphatic heterocycles. The first kappa shape index (κ1) is 11.2. The standard InChI is InChI=1S/C10H8BrClN4/c11-8-5-9(13)16-10(15-8)14-7-3-1-6(12)2-4-7/h1-5H,(H3,13,14,15,16). The van der Waals surface area contributed by atoms with Gasteiger partial charge < -0.3 is 11.1 Å². The van der Waals surface area contributed by atoms with E-state index in [-0.39, 0.29) is 0 Å². The van der Waals surface area contributed by atoms with Crippen LogP contribution in [0.4, 0.5) is 17.5 Å². The van der Waals surface area contributed by atoms with Crippen LogP contribution in [-0.4, -0.2) is 9.97 Å². The molecule has 0 saturated carbocycles. The Kier molecular flexibility index (Phi) is 3.26. The van der Waals surface area contributed by atoms with Crippen molar-refractivity contribution in [2.75, 3.05) is 11.1 Å². The number of nitrogens with two attached hydrogens (primary N) is 1. The molecule has 0 aliphatic carbocycles. The number of anilines is 3. The van der Waals surface area contributed by atoms with Gasteiger partial charge >= 0.3 is 0 Å². The molecule has 1 aromatic heterocycles. The van der Waals surface area contributed by atoms with Gasteiger partial charge in [0.1, 0.15) is 10.4 Å². The van der Waals surface area contributed by atoms with Crippen LogP contribution in [0.2, 0.25) is 5.02 Å². The van der Waals surface area contributed by atoms with Gasteiger partial charge in [-0.3, -0.25) is 0 Å². The summed E-state index contributed by atoms with van der Waals surface area (Å²) in [6.45, 7) is 0. The number of hydrogen-bond acceptors (Lipinski definition) is 4. The number of halogens is 2. The van der Waals surface area contributed by atoms with Crippen LogP contribution >= 0.6 is 27.5 Å². The number of nitrogen functional groups attached to an aromatic ring is 1. The lowest BCUT2D eigenvalue weighted by Crippen LogP contribution is -2.00. The van der Waals surface area contributed by atoms with E-state index in [0.29, 0.717) is 21.4 Å². The molecule has 82 valence electrons. The monoisotopic (exact) mass is 298 g/mol. The van der Waals surface area contributed by atoms with Crippen molar-refractivity contribution in [3.05, 3.63) is 40.0 Å². The number of aromatic nitrogens is 2. The summed E-state index contributed by atoms with van der Waals surface area (Å²) < 4.78 is 0.636. The molecule has 0 unspecified atom stereocenters. The van der Waals surface area contributed by atoms with E-state index in [4.69, 9.17) is 17.3 Å². The van der Waals surface area contributed by atoms with E-state index in [0.717, 1.165) is 5.69 Å². The molecule has 16 heavy (non-hydrogen) atoms. The summed E-state index contributed by atoms with van der Waals surface area (Å²) in [4.78, 5) is 8.18. The van der Waals surface area contributed by atoms with Gasteiger partial charge in [0.15, 0.2) is 0 Å². The van der Waals surface area contributed by atoms with E-state index in [9.17, 15) is 0 Å². The lowest BCUT2D eigenvalue weighted by atomic mass is 10.3. The highest BCUT2D eigenvalue weighted by Gasteiger charge is 2.01. The zero-order valence-corrected chi connectivity index (χ0v) is 10.5. The Morgan fingerprint density at radius 1 is 1.19 bits per heavy atom. The molecule has 3 N–H and O–H groups in total. The minimum atomic E-state index is 0.401. The maximum atomic E-state index is 5.78.